The molecule has 0 bridgehead atoms. The SMILES string of the molecule is COc1ccc(N(CCCC(=O)O)S(C)(=O)=O)cc1. The van der Waals surface area contributed by atoms with Crippen molar-refractivity contribution in [1.82, 2.24) is 0 Å². The molecule has 0 unspecified atom stereocenters. The minimum Gasteiger partial charge on any atom is -0.497 e. The molecule has 0 aliphatic carbocycles. The van der Waals surface area contributed by atoms with Gasteiger partial charge in [0.05, 0.1) is 19.1 Å². The lowest BCUT2D eigenvalue weighted by Crippen LogP contribution is -2.31. The van der Waals surface area contributed by atoms with Gasteiger partial charge in [-0.2, -0.15) is 0 Å². The molecule has 0 saturated carbocycles. The van der Waals surface area contributed by atoms with E-state index in [0.29, 0.717) is 11.4 Å². The predicted molar refractivity (Wildman–Crippen MR) is 72.1 cm³/mol. The van der Waals surface area contributed by atoms with Crippen molar-refractivity contribution in [1.29, 1.82) is 0 Å². The number of carbonyl (C=O) groups is 1. The fraction of sp³-hybridized carbons (Fsp3) is 0.417. The monoisotopic (exact) mass is 287 g/mol. The number of hydrogen-bond acceptors (Lipinski definition) is 4. The van der Waals surface area contributed by atoms with Gasteiger partial charge in [-0.25, -0.2) is 8.42 Å². The Hall–Kier alpha value is -1.76. The summed E-state index contributed by atoms with van der Waals surface area (Å²) in [6.07, 6.45) is 1.29. The van der Waals surface area contributed by atoms with Crippen LogP contribution in [0, 0.1) is 0 Å². The average Bonchev–Trinajstić information content (AvgIpc) is 2.33. The second-order valence-electron chi connectivity index (χ2n) is 4.03. The van der Waals surface area contributed by atoms with Crippen molar-refractivity contribution in [2.24, 2.45) is 0 Å². The zero-order valence-corrected chi connectivity index (χ0v) is 11.7. The van der Waals surface area contributed by atoms with Gasteiger partial charge in [0, 0.05) is 13.0 Å². The number of carboxylic acid groups (broad SMARTS) is 1. The molecule has 0 aliphatic heterocycles. The molecule has 7 heteroatoms. The van der Waals surface area contributed by atoms with Crippen LogP contribution in [0.4, 0.5) is 5.69 Å². The minimum absolute atomic E-state index is 0.0673. The van der Waals surface area contributed by atoms with Crippen LogP contribution in [0.2, 0.25) is 0 Å². The molecular formula is C12H17NO5S. The number of ether oxygens (including phenoxy) is 1. The lowest BCUT2D eigenvalue weighted by atomic mass is 10.2. The molecule has 106 valence electrons. The number of rotatable bonds is 7. The highest BCUT2D eigenvalue weighted by Crippen LogP contribution is 2.21. The third kappa shape index (κ3) is 4.78. The molecule has 19 heavy (non-hydrogen) atoms. The molecule has 0 atom stereocenters. The molecule has 0 saturated heterocycles. The highest BCUT2D eigenvalue weighted by atomic mass is 32.2. The lowest BCUT2D eigenvalue weighted by Gasteiger charge is -2.22. The van der Waals surface area contributed by atoms with Crippen LogP contribution in [0.5, 0.6) is 5.75 Å². The summed E-state index contributed by atoms with van der Waals surface area (Å²) in [5.41, 5.74) is 0.494. The number of nitrogens with zero attached hydrogens (tertiary/aromatic N) is 1. The molecule has 6 nitrogen and oxygen atoms in total. The van der Waals surface area contributed by atoms with Crippen molar-refractivity contribution in [2.75, 3.05) is 24.2 Å². The van der Waals surface area contributed by atoms with Gasteiger partial charge >= 0.3 is 5.97 Å². The van der Waals surface area contributed by atoms with Gasteiger partial charge in [-0.05, 0) is 30.7 Å². The number of benzene rings is 1. The number of sulfonamides is 1. The van der Waals surface area contributed by atoms with Crippen LogP contribution in [0.3, 0.4) is 0 Å². The van der Waals surface area contributed by atoms with Crippen molar-refractivity contribution in [3.05, 3.63) is 24.3 Å². The normalized spacial score (nSPS) is 11.1. The number of methoxy groups -OCH3 is 1. The summed E-state index contributed by atoms with van der Waals surface area (Å²) in [7, 11) is -1.91. The van der Waals surface area contributed by atoms with E-state index in [1.807, 2.05) is 0 Å². The first-order chi connectivity index (χ1) is 8.84. The highest BCUT2D eigenvalue weighted by molar-refractivity contribution is 7.92. The van der Waals surface area contributed by atoms with Gasteiger partial charge in [0.1, 0.15) is 5.75 Å². The zero-order valence-electron chi connectivity index (χ0n) is 10.9. The molecule has 1 N–H and O–H groups in total. The molecule has 0 heterocycles. The molecule has 0 aliphatic rings. The van der Waals surface area contributed by atoms with E-state index in [1.165, 1.54) is 11.4 Å². The fourth-order valence-corrected chi connectivity index (χ4v) is 2.57. The Morgan fingerprint density at radius 3 is 2.32 bits per heavy atom. The van der Waals surface area contributed by atoms with Gasteiger partial charge < -0.3 is 9.84 Å². The van der Waals surface area contributed by atoms with Gasteiger partial charge in [0.25, 0.3) is 0 Å². The third-order valence-electron chi connectivity index (χ3n) is 2.51. The smallest absolute Gasteiger partial charge is 0.303 e. The van der Waals surface area contributed by atoms with Gasteiger partial charge in [-0.3, -0.25) is 9.10 Å². The Bertz CT molecular complexity index is 524. The van der Waals surface area contributed by atoms with Gasteiger partial charge in [0.2, 0.25) is 10.0 Å². The largest absolute Gasteiger partial charge is 0.497 e. The van der Waals surface area contributed by atoms with E-state index in [0.717, 1.165) is 6.26 Å². The van der Waals surface area contributed by atoms with E-state index in [4.69, 9.17) is 9.84 Å². The molecule has 0 aromatic heterocycles. The Balaban J connectivity index is 2.87. The van der Waals surface area contributed by atoms with E-state index < -0.39 is 16.0 Å². The highest BCUT2D eigenvalue weighted by Gasteiger charge is 2.17. The maximum atomic E-state index is 11.7. The van der Waals surface area contributed by atoms with Crippen molar-refractivity contribution < 1.29 is 23.1 Å². The van der Waals surface area contributed by atoms with E-state index >= 15 is 0 Å². The third-order valence-corrected chi connectivity index (χ3v) is 3.71. The van der Waals surface area contributed by atoms with Gasteiger partial charge in [0.15, 0.2) is 0 Å². The van der Waals surface area contributed by atoms with E-state index in [1.54, 1.807) is 24.3 Å². The quantitative estimate of drug-likeness (QED) is 0.817. The van der Waals surface area contributed by atoms with E-state index in [2.05, 4.69) is 0 Å². The van der Waals surface area contributed by atoms with E-state index in [-0.39, 0.29) is 19.4 Å². The number of carboxylic acids is 1. The summed E-state index contributed by atoms with van der Waals surface area (Å²) in [4.78, 5) is 10.5. The maximum absolute atomic E-state index is 11.7. The van der Waals surface area contributed by atoms with Crippen molar-refractivity contribution >= 4 is 21.7 Å². The molecule has 1 rings (SSSR count). The Morgan fingerprint density at radius 1 is 1.32 bits per heavy atom. The molecule has 0 spiro atoms. The summed E-state index contributed by atoms with van der Waals surface area (Å²) in [5.74, 6) is -0.314. The Kier molecular flexibility index (Phi) is 5.17. The first kappa shape index (κ1) is 15.3. The van der Waals surface area contributed by atoms with Gasteiger partial charge in [-0.15, -0.1) is 0 Å². The average molecular weight is 287 g/mol. The van der Waals surface area contributed by atoms with E-state index in [9.17, 15) is 13.2 Å². The summed E-state index contributed by atoms with van der Waals surface area (Å²) >= 11 is 0. The first-order valence-corrected chi connectivity index (χ1v) is 7.53. The molecule has 0 radical (unpaired) electrons. The molecule has 1 aromatic rings. The van der Waals surface area contributed by atoms with Crippen LogP contribution < -0.4 is 9.04 Å². The molecule has 1 aromatic carbocycles. The van der Waals surface area contributed by atoms with Crippen LogP contribution in [0.15, 0.2) is 24.3 Å². The summed E-state index contributed by atoms with van der Waals surface area (Å²) < 4.78 is 29.6. The lowest BCUT2D eigenvalue weighted by molar-refractivity contribution is -0.137. The predicted octanol–water partition coefficient (Wildman–Crippen LogP) is 1.33. The fourth-order valence-electron chi connectivity index (χ4n) is 1.61. The zero-order chi connectivity index (χ0) is 14.5. The minimum atomic E-state index is -3.44. The molecule has 0 amide bonds. The standard InChI is InChI=1S/C12H17NO5S/c1-18-11-7-5-10(6-8-11)13(19(2,16)17)9-3-4-12(14)15/h5-8H,3-4,9H2,1-2H3,(H,14,15). The van der Waals surface area contributed by atoms with Crippen LogP contribution in [0.1, 0.15) is 12.8 Å². The first-order valence-electron chi connectivity index (χ1n) is 5.68. The second kappa shape index (κ2) is 6.42. The molecule has 0 fully saturated rings. The number of aliphatic carboxylic acids is 1. The van der Waals surface area contributed by atoms with Crippen molar-refractivity contribution in [3.8, 4) is 5.75 Å². The van der Waals surface area contributed by atoms with Crippen molar-refractivity contribution in [2.45, 2.75) is 12.8 Å². The van der Waals surface area contributed by atoms with Crippen LogP contribution in [0.25, 0.3) is 0 Å². The molecular weight excluding hydrogens is 270 g/mol. The van der Waals surface area contributed by atoms with Crippen LogP contribution in [-0.4, -0.2) is 39.4 Å². The summed E-state index contributed by atoms with van der Waals surface area (Å²) in [6, 6.07) is 6.57. The second-order valence-corrected chi connectivity index (χ2v) is 5.94. The number of hydrogen-bond donors (Lipinski definition) is 1. The Morgan fingerprint density at radius 2 is 1.89 bits per heavy atom. The van der Waals surface area contributed by atoms with Crippen LogP contribution >= 0.6 is 0 Å². The Labute approximate surface area is 112 Å². The summed E-state index contributed by atoms with van der Waals surface area (Å²) in [5, 5.41) is 8.58. The van der Waals surface area contributed by atoms with Gasteiger partial charge in [-0.1, -0.05) is 0 Å². The van der Waals surface area contributed by atoms with Crippen LogP contribution in [-0.2, 0) is 14.8 Å². The van der Waals surface area contributed by atoms with Crippen molar-refractivity contribution in [3.63, 3.8) is 0 Å². The number of anilines is 1. The topological polar surface area (TPSA) is 83.9 Å². The maximum Gasteiger partial charge on any atom is 0.303 e. The summed E-state index contributed by atoms with van der Waals surface area (Å²) in [6.45, 7) is 0.136.